The molecule has 0 aliphatic rings. The summed E-state index contributed by atoms with van der Waals surface area (Å²) >= 11 is 1.15. The van der Waals surface area contributed by atoms with E-state index in [0.717, 1.165) is 11.3 Å². The summed E-state index contributed by atoms with van der Waals surface area (Å²) in [5, 5.41) is 1.70. The summed E-state index contributed by atoms with van der Waals surface area (Å²) in [6.07, 6.45) is 4.46. The first-order chi connectivity index (χ1) is 7.68. The molecule has 0 unspecified atom stereocenters. The van der Waals surface area contributed by atoms with Crippen molar-refractivity contribution in [2.45, 2.75) is 4.21 Å². The van der Waals surface area contributed by atoms with Crippen molar-refractivity contribution in [1.29, 1.82) is 0 Å². The van der Waals surface area contributed by atoms with Crippen molar-refractivity contribution in [3.05, 3.63) is 47.6 Å². The number of nitrogens with zero attached hydrogens (tertiary/aromatic N) is 2. The fraction of sp³-hybridized carbons (Fsp3) is 0. The van der Waals surface area contributed by atoms with E-state index in [0.29, 0.717) is 5.56 Å². The van der Waals surface area contributed by atoms with E-state index in [-0.39, 0.29) is 4.21 Å². The van der Waals surface area contributed by atoms with Gasteiger partial charge in [-0.15, -0.1) is 11.3 Å². The second-order valence-electron chi connectivity index (χ2n) is 2.93. The lowest BCUT2D eigenvalue weighted by Gasteiger charge is -1.93. The molecule has 0 saturated carbocycles. The number of pyridine rings is 1. The van der Waals surface area contributed by atoms with Crippen LogP contribution in [0.4, 0.5) is 0 Å². The lowest BCUT2D eigenvalue weighted by molar-refractivity contribution is 0.600. The second-order valence-corrected chi connectivity index (χ2v) is 5.73. The van der Waals surface area contributed by atoms with Gasteiger partial charge in [0.05, 0.1) is 0 Å². The van der Waals surface area contributed by atoms with Crippen molar-refractivity contribution in [3.8, 4) is 0 Å². The van der Waals surface area contributed by atoms with Gasteiger partial charge in [-0.1, -0.05) is 12.1 Å². The van der Waals surface area contributed by atoms with Crippen LogP contribution in [0.2, 0.25) is 0 Å². The Labute approximate surface area is 97.4 Å². The quantitative estimate of drug-likeness (QED) is 0.784. The summed E-state index contributed by atoms with van der Waals surface area (Å²) in [6.45, 7) is 0. The van der Waals surface area contributed by atoms with Gasteiger partial charge in [0.15, 0.2) is 0 Å². The van der Waals surface area contributed by atoms with Crippen LogP contribution in [-0.4, -0.2) is 19.6 Å². The largest absolute Gasteiger partial charge is 0.291 e. The van der Waals surface area contributed by atoms with E-state index in [9.17, 15) is 8.42 Å². The number of thiophene rings is 1. The Hall–Kier alpha value is -1.53. The Bertz CT molecular complexity index is 575. The van der Waals surface area contributed by atoms with Crippen molar-refractivity contribution in [2.24, 2.45) is 4.40 Å². The lowest BCUT2D eigenvalue weighted by atomic mass is 10.3. The van der Waals surface area contributed by atoms with Gasteiger partial charge in [0.1, 0.15) is 4.21 Å². The van der Waals surface area contributed by atoms with Crippen molar-refractivity contribution in [1.82, 2.24) is 4.98 Å². The molecular weight excluding hydrogens is 244 g/mol. The predicted molar refractivity (Wildman–Crippen MR) is 63.3 cm³/mol. The molecule has 0 amide bonds. The zero-order valence-electron chi connectivity index (χ0n) is 8.15. The zero-order valence-corrected chi connectivity index (χ0v) is 9.78. The van der Waals surface area contributed by atoms with Gasteiger partial charge >= 0.3 is 0 Å². The molecule has 6 heteroatoms. The van der Waals surface area contributed by atoms with Gasteiger partial charge in [-0.25, -0.2) is 0 Å². The first-order valence-corrected chi connectivity index (χ1v) is 6.74. The molecule has 0 N–H and O–H groups in total. The van der Waals surface area contributed by atoms with E-state index in [1.54, 1.807) is 36.0 Å². The standard InChI is InChI=1S/C10H8N2O2S2/c13-16(14,10-4-2-6-15-10)12-8-9-3-1-5-11-7-9/h1-8H/b12-8+. The van der Waals surface area contributed by atoms with Gasteiger partial charge < -0.3 is 0 Å². The maximum atomic E-state index is 11.7. The van der Waals surface area contributed by atoms with Crippen molar-refractivity contribution in [2.75, 3.05) is 0 Å². The summed E-state index contributed by atoms with van der Waals surface area (Å²) in [5.41, 5.74) is 0.655. The van der Waals surface area contributed by atoms with Crippen molar-refractivity contribution >= 4 is 27.6 Å². The highest BCUT2D eigenvalue weighted by Crippen LogP contribution is 2.17. The van der Waals surface area contributed by atoms with Crippen LogP contribution in [0.5, 0.6) is 0 Å². The van der Waals surface area contributed by atoms with E-state index in [1.807, 2.05) is 0 Å². The highest BCUT2D eigenvalue weighted by atomic mass is 32.2. The van der Waals surface area contributed by atoms with E-state index < -0.39 is 10.0 Å². The van der Waals surface area contributed by atoms with Crippen LogP contribution in [0.1, 0.15) is 5.56 Å². The number of hydrogen-bond acceptors (Lipinski definition) is 4. The van der Waals surface area contributed by atoms with Gasteiger partial charge in [-0.05, 0) is 17.5 Å². The summed E-state index contributed by atoms with van der Waals surface area (Å²) in [6, 6.07) is 6.66. The molecule has 16 heavy (non-hydrogen) atoms. The van der Waals surface area contributed by atoms with Gasteiger partial charge in [0.25, 0.3) is 10.0 Å². The fourth-order valence-corrected chi connectivity index (χ4v) is 2.89. The van der Waals surface area contributed by atoms with Crippen LogP contribution in [0.15, 0.2) is 50.6 Å². The smallest absolute Gasteiger partial charge is 0.264 e. The van der Waals surface area contributed by atoms with Crippen LogP contribution < -0.4 is 0 Å². The zero-order chi connectivity index (χ0) is 11.4. The summed E-state index contributed by atoms with van der Waals surface area (Å²) in [7, 11) is -3.55. The third-order valence-electron chi connectivity index (χ3n) is 1.77. The Balaban J connectivity index is 2.26. The molecule has 0 aliphatic carbocycles. The molecule has 0 fully saturated rings. The molecule has 0 bridgehead atoms. The molecule has 0 aromatic carbocycles. The molecule has 2 aromatic heterocycles. The molecule has 2 aromatic rings. The topological polar surface area (TPSA) is 59.4 Å². The minimum atomic E-state index is -3.55. The normalized spacial score (nSPS) is 12.0. The summed E-state index contributed by atoms with van der Waals surface area (Å²) in [4.78, 5) is 3.86. The first kappa shape index (κ1) is 11.0. The van der Waals surface area contributed by atoms with Crippen LogP contribution in [0.25, 0.3) is 0 Å². The Kier molecular flexibility index (Phi) is 3.12. The number of hydrogen-bond donors (Lipinski definition) is 0. The molecule has 0 atom stereocenters. The van der Waals surface area contributed by atoms with Crippen molar-refractivity contribution in [3.63, 3.8) is 0 Å². The fourth-order valence-electron chi connectivity index (χ4n) is 1.04. The van der Waals surface area contributed by atoms with E-state index in [2.05, 4.69) is 9.38 Å². The van der Waals surface area contributed by atoms with E-state index in [4.69, 9.17) is 0 Å². The van der Waals surface area contributed by atoms with Crippen LogP contribution >= 0.6 is 11.3 Å². The third kappa shape index (κ3) is 2.53. The third-order valence-corrected chi connectivity index (χ3v) is 4.38. The molecule has 2 heterocycles. The second kappa shape index (κ2) is 4.54. The maximum Gasteiger partial charge on any atom is 0.291 e. The first-order valence-electron chi connectivity index (χ1n) is 4.42. The summed E-state index contributed by atoms with van der Waals surface area (Å²) < 4.78 is 27.1. The molecule has 2 rings (SSSR count). The molecule has 0 radical (unpaired) electrons. The van der Waals surface area contributed by atoms with Crippen LogP contribution in [0.3, 0.4) is 0 Å². The Morgan fingerprint density at radius 3 is 2.81 bits per heavy atom. The van der Waals surface area contributed by atoms with Crippen molar-refractivity contribution < 1.29 is 8.42 Å². The highest BCUT2D eigenvalue weighted by molar-refractivity contribution is 7.92. The SMILES string of the molecule is O=S(=O)(/N=C/c1cccnc1)c1cccs1. The van der Waals surface area contributed by atoms with Gasteiger partial charge in [-0.2, -0.15) is 12.8 Å². The molecule has 4 nitrogen and oxygen atoms in total. The molecule has 0 aliphatic heterocycles. The van der Waals surface area contributed by atoms with Gasteiger partial charge in [-0.3, -0.25) is 4.98 Å². The predicted octanol–water partition coefficient (Wildman–Crippen LogP) is 1.95. The highest BCUT2D eigenvalue weighted by Gasteiger charge is 2.11. The molecular formula is C10H8N2O2S2. The van der Waals surface area contributed by atoms with E-state index >= 15 is 0 Å². The average molecular weight is 252 g/mol. The maximum absolute atomic E-state index is 11.7. The number of aromatic nitrogens is 1. The summed E-state index contributed by atoms with van der Waals surface area (Å²) in [5.74, 6) is 0. The molecule has 82 valence electrons. The monoisotopic (exact) mass is 252 g/mol. The Morgan fingerprint density at radius 2 is 2.19 bits per heavy atom. The van der Waals surface area contributed by atoms with Crippen LogP contribution in [-0.2, 0) is 10.0 Å². The number of rotatable bonds is 3. The van der Waals surface area contributed by atoms with E-state index in [1.165, 1.54) is 12.3 Å². The Morgan fingerprint density at radius 1 is 1.31 bits per heavy atom. The lowest BCUT2D eigenvalue weighted by Crippen LogP contribution is -1.94. The molecule has 0 spiro atoms. The van der Waals surface area contributed by atoms with Crippen LogP contribution in [0, 0.1) is 0 Å². The average Bonchev–Trinajstić information content (AvgIpc) is 2.82. The minimum absolute atomic E-state index is 0.243. The minimum Gasteiger partial charge on any atom is -0.264 e. The van der Waals surface area contributed by atoms with Gasteiger partial charge in [0.2, 0.25) is 0 Å². The number of sulfonamides is 1. The van der Waals surface area contributed by atoms with Gasteiger partial charge in [0, 0.05) is 24.2 Å². The molecule has 0 saturated heterocycles.